The predicted molar refractivity (Wildman–Crippen MR) is 75.5 cm³/mol. The maximum Gasteiger partial charge on any atom is 0.178 e. The molecule has 2 atom stereocenters. The first-order chi connectivity index (χ1) is 7.92. The van der Waals surface area contributed by atoms with Gasteiger partial charge in [-0.05, 0) is 29.5 Å². The summed E-state index contributed by atoms with van der Waals surface area (Å²) in [6.07, 6.45) is 0. The van der Waals surface area contributed by atoms with Gasteiger partial charge in [-0.1, -0.05) is 48.8 Å². The molecule has 0 bridgehead atoms. The molecule has 0 saturated carbocycles. The average molecular weight is 319 g/mol. The Hall–Kier alpha value is -0.350. The Labute approximate surface area is 112 Å². The van der Waals surface area contributed by atoms with Crippen LogP contribution in [0.5, 0.6) is 0 Å². The van der Waals surface area contributed by atoms with Crippen molar-refractivity contribution in [3.05, 3.63) is 29.8 Å². The topological polar surface area (TPSA) is 34.1 Å². The standard InChI is InChI=1S/C13H19BrO2S/c1-4-17(15,16)13-7-5-6-12(8-13)11(3)10(2)9-14/h5-8,10-11H,4,9H2,1-3H3. The van der Waals surface area contributed by atoms with Gasteiger partial charge in [0.05, 0.1) is 10.6 Å². The number of alkyl halides is 1. The lowest BCUT2D eigenvalue weighted by atomic mass is 9.90. The van der Waals surface area contributed by atoms with E-state index in [4.69, 9.17) is 0 Å². The van der Waals surface area contributed by atoms with Gasteiger partial charge in [0, 0.05) is 5.33 Å². The zero-order chi connectivity index (χ0) is 13.1. The van der Waals surface area contributed by atoms with Gasteiger partial charge in [-0.2, -0.15) is 0 Å². The van der Waals surface area contributed by atoms with E-state index in [1.54, 1.807) is 13.0 Å². The molecular weight excluding hydrogens is 300 g/mol. The van der Waals surface area contributed by atoms with E-state index in [-0.39, 0.29) is 5.75 Å². The second-order valence-corrected chi connectivity index (χ2v) is 7.32. The highest BCUT2D eigenvalue weighted by atomic mass is 79.9. The highest BCUT2D eigenvalue weighted by molar-refractivity contribution is 9.09. The van der Waals surface area contributed by atoms with Gasteiger partial charge in [0.25, 0.3) is 0 Å². The van der Waals surface area contributed by atoms with E-state index in [0.717, 1.165) is 10.9 Å². The molecule has 0 spiro atoms. The van der Waals surface area contributed by atoms with Gasteiger partial charge in [0.1, 0.15) is 0 Å². The summed E-state index contributed by atoms with van der Waals surface area (Å²) in [5.74, 6) is 0.981. The fourth-order valence-electron chi connectivity index (χ4n) is 1.62. The monoisotopic (exact) mass is 318 g/mol. The number of halogens is 1. The Morgan fingerprint density at radius 2 is 1.94 bits per heavy atom. The molecular formula is C13H19BrO2S. The van der Waals surface area contributed by atoms with Gasteiger partial charge in [-0.25, -0.2) is 8.42 Å². The van der Waals surface area contributed by atoms with Crippen molar-refractivity contribution >= 4 is 25.8 Å². The zero-order valence-corrected chi connectivity index (χ0v) is 12.9. The number of sulfone groups is 1. The summed E-state index contributed by atoms with van der Waals surface area (Å²) in [6, 6.07) is 7.31. The quantitative estimate of drug-likeness (QED) is 0.777. The molecule has 0 aliphatic carbocycles. The number of hydrogen-bond donors (Lipinski definition) is 0. The van der Waals surface area contributed by atoms with Gasteiger partial charge in [-0.3, -0.25) is 0 Å². The van der Waals surface area contributed by atoms with Crippen LogP contribution in [0.1, 0.15) is 32.3 Å². The van der Waals surface area contributed by atoms with E-state index in [1.807, 2.05) is 18.2 Å². The molecule has 1 rings (SSSR count). The van der Waals surface area contributed by atoms with Crippen LogP contribution >= 0.6 is 15.9 Å². The van der Waals surface area contributed by atoms with Crippen molar-refractivity contribution < 1.29 is 8.42 Å². The van der Waals surface area contributed by atoms with E-state index in [1.165, 1.54) is 0 Å². The molecule has 1 aromatic rings. The van der Waals surface area contributed by atoms with Crippen molar-refractivity contribution in [3.8, 4) is 0 Å². The Morgan fingerprint density at radius 3 is 2.47 bits per heavy atom. The van der Waals surface area contributed by atoms with Crippen LogP contribution in [0.4, 0.5) is 0 Å². The van der Waals surface area contributed by atoms with Crippen LogP contribution in [0.3, 0.4) is 0 Å². The molecule has 96 valence electrons. The Kier molecular flexibility index (Phi) is 5.20. The summed E-state index contributed by atoms with van der Waals surface area (Å²) in [4.78, 5) is 0.436. The first kappa shape index (κ1) is 14.7. The second kappa shape index (κ2) is 6.01. The van der Waals surface area contributed by atoms with Crippen LogP contribution < -0.4 is 0 Å². The van der Waals surface area contributed by atoms with E-state index in [9.17, 15) is 8.42 Å². The normalized spacial score (nSPS) is 15.5. The van der Waals surface area contributed by atoms with Crippen molar-refractivity contribution in [2.24, 2.45) is 5.92 Å². The first-order valence-electron chi connectivity index (χ1n) is 5.81. The Morgan fingerprint density at radius 1 is 1.29 bits per heavy atom. The maximum atomic E-state index is 11.8. The van der Waals surface area contributed by atoms with Crippen LogP contribution in [0.15, 0.2) is 29.2 Å². The summed E-state index contributed by atoms with van der Waals surface area (Å²) < 4.78 is 23.6. The molecule has 0 N–H and O–H groups in total. The lowest BCUT2D eigenvalue weighted by Gasteiger charge is -2.18. The van der Waals surface area contributed by atoms with Crippen molar-refractivity contribution in [2.75, 3.05) is 11.1 Å². The maximum absolute atomic E-state index is 11.8. The predicted octanol–water partition coefficient (Wildman–Crippen LogP) is 3.61. The van der Waals surface area contributed by atoms with Crippen molar-refractivity contribution in [1.29, 1.82) is 0 Å². The molecule has 0 radical (unpaired) electrons. The van der Waals surface area contributed by atoms with E-state index in [0.29, 0.717) is 16.7 Å². The fraction of sp³-hybridized carbons (Fsp3) is 0.538. The van der Waals surface area contributed by atoms with Gasteiger partial charge < -0.3 is 0 Å². The second-order valence-electron chi connectivity index (χ2n) is 4.40. The highest BCUT2D eigenvalue weighted by Crippen LogP contribution is 2.27. The molecule has 0 aromatic heterocycles. The number of hydrogen-bond acceptors (Lipinski definition) is 2. The Balaban J connectivity index is 3.10. The van der Waals surface area contributed by atoms with E-state index in [2.05, 4.69) is 29.8 Å². The van der Waals surface area contributed by atoms with Crippen LogP contribution in [0.2, 0.25) is 0 Å². The van der Waals surface area contributed by atoms with Crippen LogP contribution in [0, 0.1) is 5.92 Å². The summed E-state index contributed by atoms with van der Waals surface area (Å²) in [5, 5.41) is 0.916. The molecule has 1 aromatic carbocycles. The van der Waals surface area contributed by atoms with Gasteiger partial charge in [0.15, 0.2) is 9.84 Å². The number of benzene rings is 1. The molecule has 2 unspecified atom stereocenters. The lowest BCUT2D eigenvalue weighted by Crippen LogP contribution is -2.09. The molecule has 0 aliphatic rings. The SMILES string of the molecule is CCS(=O)(=O)c1cccc(C(C)C(C)CBr)c1. The summed E-state index contributed by atoms with van der Waals surface area (Å²) >= 11 is 3.47. The summed E-state index contributed by atoms with van der Waals surface area (Å²) in [7, 11) is -3.10. The third kappa shape index (κ3) is 3.55. The molecule has 0 heterocycles. The van der Waals surface area contributed by atoms with Gasteiger partial charge >= 0.3 is 0 Å². The van der Waals surface area contributed by atoms with E-state index < -0.39 is 9.84 Å². The summed E-state index contributed by atoms with van der Waals surface area (Å²) in [5.41, 5.74) is 1.09. The summed E-state index contributed by atoms with van der Waals surface area (Å²) in [6.45, 7) is 5.95. The third-order valence-corrected chi connectivity index (χ3v) is 5.97. The minimum atomic E-state index is -3.10. The molecule has 17 heavy (non-hydrogen) atoms. The van der Waals surface area contributed by atoms with E-state index >= 15 is 0 Å². The lowest BCUT2D eigenvalue weighted by molar-refractivity contribution is 0.545. The average Bonchev–Trinajstić information content (AvgIpc) is 2.37. The number of rotatable bonds is 5. The van der Waals surface area contributed by atoms with Crippen molar-refractivity contribution in [1.82, 2.24) is 0 Å². The minimum Gasteiger partial charge on any atom is -0.224 e. The molecule has 4 heteroatoms. The van der Waals surface area contributed by atoms with Gasteiger partial charge in [0.2, 0.25) is 0 Å². The Bertz CT molecular complexity index is 468. The van der Waals surface area contributed by atoms with Crippen molar-refractivity contribution in [2.45, 2.75) is 31.6 Å². The largest absolute Gasteiger partial charge is 0.224 e. The first-order valence-corrected chi connectivity index (χ1v) is 8.58. The van der Waals surface area contributed by atoms with Crippen LogP contribution in [-0.4, -0.2) is 19.5 Å². The highest BCUT2D eigenvalue weighted by Gasteiger charge is 2.16. The molecule has 2 nitrogen and oxygen atoms in total. The zero-order valence-electron chi connectivity index (χ0n) is 10.5. The van der Waals surface area contributed by atoms with Crippen molar-refractivity contribution in [3.63, 3.8) is 0 Å². The third-order valence-electron chi connectivity index (χ3n) is 3.22. The fourth-order valence-corrected chi connectivity index (χ4v) is 3.12. The molecule has 0 fully saturated rings. The minimum absolute atomic E-state index is 0.152. The molecule has 0 aliphatic heterocycles. The van der Waals surface area contributed by atoms with Crippen LogP contribution in [0.25, 0.3) is 0 Å². The van der Waals surface area contributed by atoms with Crippen LogP contribution in [-0.2, 0) is 9.84 Å². The molecule has 0 amide bonds. The smallest absolute Gasteiger partial charge is 0.178 e. The van der Waals surface area contributed by atoms with Gasteiger partial charge in [-0.15, -0.1) is 0 Å². The molecule has 0 saturated heterocycles.